The Morgan fingerprint density at radius 1 is 1.04 bits per heavy atom. The summed E-state index contributed by atoms with van der Waals surface area (Å²) in [7, 11) is 0. The monoisotopic (exact) mass is 370 g/mol. The van der Waals surface area contributed by atoms with Gasteiger partial charge in [-0.3, -0.25) is 9.59 Å². The minimum absolute atomic E-state index is 0.249. The van der Waals surface area contributed by atoms with E-state index in [4.69, 9.17) is 11.6 Å². The summed E-state index contributed by atoms with van der Waals surface area (Å²) >= 11 is 6.11. The van der Waals surface area contributed by atoms with Crippen LogP contribution in [0.2, 0.25) is 5.02 Å². The molecule has 2 aromatic carbocycles. The van der Waals surface area contributed by atoms with Gasteiger partial charge in [0.25, 0.3) is 0 Å². The summed E-state index contributed by atoms with van der Waals surface area (Å²) in [6, 6.07) is 13.0. The molecule has 2 amide bonds. The van der Waals surface area contributed by atoms with Crippen molar-refractivity contribution in [2.75, 3.05) is 10.6 Å². The highest BCUT2D eigenvalue weighted by Gasteiger charge is 2.56. The number of carbonyl (C=O) groups is 2. The molecule has 0 bridgehead atoms. The first-order chi connectivity index (χ1) is 12.3. The number of nitrogens with one attached hydrogen (secondary N) is 2. The Balaban J connectivity index is 1.75. The Labute approximate surface area is 158 Å². The van der Waals surface area contributed by atoms with Crippen LogP contribution < -0.4 is 10.6 Å². The molecule has 0 saturated heterocycles. The molecule has 0 spiro atoms. The van der Waals surface area contributed by atoms with Gasteiger partial charge in [0, 0.05) is 16.4 Å². The summed E-state index contributed by atoms with van der Waals surface area (Å²) in [5, 5.41) is 6.37. The Morgan fingerprint density at radius 2 is 1.69 bits per heavy atom. The van der Waals surface area contributed by atoms with Gasteiger partial charge < -0.3 is 10.6 Å². The van der Waals surface area contributed by atoms with Crippen molar-refractivity contribution in [2.24, 2.45) is 5.41 Å². The van der Waals surface area contributed by atoms with Crippen LogP contribution in [0.15, 0.2) is 42.5 Å². The van der Waals surface area contributed by atoms with E-state index in [0.717, 1.165) is 16.8 Å². The van der Waals surface area contributed by atoms with Crippen molar-refractivity contribution in [3.05, 3.63) is 58.6 Å². The number of para-hydroxylation sites is 1. The van der Waals surface area contributed by atoms with Gasteiger partial charge in [-0.25, -0.2) is 0 Å². The highest BCUT2D eigenvalue weighted by molar-refractivity contribution is 6.31. The summed E-state index contributed by atoms with van der Waals surface area (Å²) < 4.78 is 0. The fourth-order valence-electron chi connectivity index (χ4n) is 2.96. The van der Waals surface area contributed by atoms with Gasteiger partial charge in [0.2, 0.25) is 11.8 Å². The first kappa shape index (κ1) is 18.5. The minimum Gasteiger partial charge on any atom is -0.325 e. The largest absolute Gasteiger partial charge is 0.325 e. The zero-order valence-electron chi connectivity index (χ0n) is 15.2. The van der Waals surface area contributed by atoms with Gasteiger partial charge >= 0.3 is 0 Å². The number of carbonyl (C=O) groups excluding carboxylic acids is 2. The van der Waals surface area contributed by atoms with Gasteiger partial charge in [-0.1, -0.05) is 49.7 Å². The zero-order valence-corrected chi connectivity index (χ0v) is 16.0. The minimum atomic E-state index is -0.999. The van der Waals surface area contributed by atoms with Crippen LogP contribution in [-0.2, 0) is 9.59 Å². The third-order valence-electron chi connectivity index (χ3n) is 4.88. The summed E-state index contributed by atoms with van der Waals surface area (Å²) in [5.74, 6) is -0.247. The molecule has 2 aromatic rings. The van der Waals surface area contributed by atoms with Crippen molar-refractivity contribution < 1.29 is 9.59 Å². The molecule has 136 valence electrons. The fourth-order valence-corrected chi connectivity index (χ4v) is 3.14. The van der Waals surface area contributed by atoms with Crippen molar-refractivity contribution >= 4 is 34.8 Å². The number of amides is 2. The molecule has 1 fully saturated rings. The SMILES string of the molecule is Cc1ccc(NC(=O)C2(C(=O)Nc3ccccc3C(C)C)CC2)cc1Cl. The van der Waals surface area contributed by atoms with Gasteiger partial charge in [0.15, 0.2) is 0 Å². The van der Waals surface area contributed by atoms with Gasteiger partial charge in [-0.2, -0.15) is 0 Å². The predicted molar refractivity (Wildman–Crippen MR) is 106 cm³/mol. The number of halogens is 1. The van der Waals surface area contributed by atoms with Crippen LogP contribution in [0.5, 0.6) is 0 Å². The number of anilines is 2. The molecule has 2 N–H and O–H groups in total. The van der Waals surface area contributed by atoms with Crippen molar-refractivity contribution in [1.29, 1.82) is 0 Å². The van der Waals surface area contributed by atoms with Crippen molar-refractivity contribution in [3.8, 4) is 0 Å². The molecule has 1 saturated carbocycles. The first-order valence-electron chi connectivity index (χ1n) is 8.81. The molecule has 0 heterocycles. The van der Waals surface area contributed by atoms with E-state index in [-0.39, 0.29) is 17.7 Å². The fraction of sp³-hybridized carbons (Fsp3) is 0.333. The van der Waals surface area contributed by atoms with Gasteiger partial charge in [0.1, 0.15) is 5.41 Å². The predicted octanol–water partition coefficient (Wildman–Crippen LogP) is 5.13. The lowest BCUT2D eigenvalue weighted by Gasteiger charge is -2.18. The second-order valence-corrected chi connectivity index (χ2v) is 7.60. The number of hydrogen-bond donors (Lipinski definition) is 2. The third kappa shape index (κ3) is 3.61. The van der Waals surface area contributed by atoms with E-state index in [2.05, 4.69) is 24.5 Å². The molecule has 26 heavy (non-hydrogen) atoms. The summed E-state index contributed by atoms with van der Waals surface area (Å²) in [4.78, 5) is 25.6. The van der Waals surface area contributed by atoms with E-state index >= 15 is 0 Å². The maximum atomic E-state index is 12.8. The molecule has 3 rings (SSSR count). The van der Waals surface area contributed by atoms with Crippen molar-refractivity contribution in [1.82, 2.24) is 0 Å². The van der Waals surface area contributed by atoms with Crippen LogP contribution in [0, 0.1) is 12.3 Å². The molecule has 4 nitrogen and oxygen atoms in total. The quantitative estimate of drug-likeness (QED) is 0.717. The molecule has 0 aliphatic heterocycles. The second-order valence-electron chi connectivity index (χ2n) is 7.20. The first-order valence-corrected chi connectivity index (χ1v) is 9.19. The maximum Gasteiger partial charge on any atom is 0.240 e. The van der Waals surface area contributed by atoms with Crippen LogP contribution >= 0.6 is 11.6 Å². The van der Waals surface area contributed by atoms with Crippen LogP contribution in [-0.4, -0.2) is 11.8 Å². The molecule has 0 unspecified atom stereocenters. The molecule has 5 heteroatoms. The molecule has 0 atom stereocenters. The molecular formula is C21H23ClN2O2. The zero-order chi connectivity index (χ0) is 18.9. The number of hydrogen-bond acceptors (Lipinski definition) is 2. The van der Waals surface area contributed by atoms with E-state index in [9.17, 15) is 9.59 Å². The molecule has 0 radical (unpaired) electrons. The van der Waals surface area contributed by atoms with Crippen molar-refractivity contribution in [3.63, 3.8) is 0 Å². The lowest BCUT2D eigenvalue weighted by Crippen LogP contribution is -2.35. The van der Waals surface area contributed by atoms with E-state index in [0.29, 0.717) is 23.6 Å². The Kier molecular flexibility index (Phi) is 5.05. The highest BCUT2D eigenvalue weighted by atomic mass is 35.5. The maximum absolute atomic E-state index is 12.8. The third-order valence-corrected chi connectivity index (χ3v) is 5.29. The standard InChI is InChI=1S/C21H23ClN2O2/c1-13(2)16-6-4-5-7-18(16)24-20(26)21(10-11-21)19(25)23-15-9-8-14(3)17(22)12-15/h4-9,12-13H,10-11H2,1-3H3,(H,23,25)(H,24,26). The smallest absolute Gasteiger partial charge is 0.240 e. The van der Waals surface area contributed by atoms with Gasteiger partial charge in [-0.05, 0) is 55.0 Å². The average molecular weight is 371 g/mol. The lowest BCUT2D eigenvalue weighted by molar-refractivity contribution is -0.131. The molecular weight excluding hydrogens is 348 g/mol. The Bertz CT molecular complexity index is 857. The van der Waals surface area contributed by atoms with Crippen LogP contribution in [0.4, 0.5) is 11.4 Å². The molecule has 1 aliphatic rings. The van der Waals surface area contributed by atoms with E-state index in [1.54, 1.807) is 12.1 Å². The van der Waals surface area contributed by atoms with Crippen LogP contribution in [0.25, 0.3) is 0 Å². The average Bonchev–Trinajstić information content (AvgIpc) is 3.40. The second kappa shape index (κ2) is 7.12. The van der Waals surface area contributed by atoms with Crippen LogP contribution in [0.1, 0.15) is 43.7 Å². The number of rotatable bonds is 5. The van der Waals surface area contributed by atoms with Gasteiger partial charge in [0.05, 0.1) is 0 Å². The van der Waals surface area contributed by atoms with Crippen molar-refractivity contribution in [2.45, 2.75) is 39.5 Å². The summed E-state index contributed by atoms with van der Waals surface area (Å²) in [6.45, 7) is 6.05. The lowest BCUT2D eigenvalue weighted by atomic mass is 9.99. The number of benzene rings is 2. The van der Waals surface area contributed by atoms with Crippen LogP contribution in [0.3, 0.4) is 0 Å². The number of aryl methyl sites for hydroxylation is 1. The topological polar surface area (TPSA) is 58.2 Å². The van der Waals surface area contributed by atoms with E-state index < -0.39 is 5.41 Å². The Morgan fingerprint density at radius 3 is 2.31 bits per heavy atom. The van der Waals surface area contributed by atoms with E-state index in [1.807, 2.05) is 37.3 Å². The highest BCUT2D eigenvalue weighted by Crippen LogP contribution is 2.48. The molecule has 0 aromatic heterocycles. The Hall–Kier alpha value is -2.33. The summed E-state index contributed by atoms with van der Waals surface area (Å²) in [6.07, 6.45) is 1.10. The normalized spacial score (nSPS) is 14.8. The van der Waals surface area contributed by atoms with E-state index in [1.165, 1.54) is 0 Å². The summed E-state index contributed by atoms with van der Waals surface area (Å²) in [5.41, 5.74) is 2.37. The molecule has 1 aliphatic carbocycles. The van der Waals surface area contributed by atoms with Gasteiger partial charge in [-0.15, -0.1) is 0 Å².